The van der Waals surface area contributed by atoms with Crippen LogP contribution in [0.4, 0.5) is 0 Å². The fourth-order valence-electron chi connectivity index (χ4n) is 3.47. The van der Waals surface area contributed by atoms with E-state index in [-0.39, 0.29) is 18.6 Å². The average Bonchev–Trinajstić information content (AvgIpc) is 2.47. The van der Waals surface area contributed by atoms with Crippen LogP contribution in [0.25, 0.3) is 0 Å². The number of likely N-dealkylation sites (tertiary alicyclic amines) is 1. The maximum absolute atomic E-state index is 11.4. The third-order valence-corrected chi connectivity index (χ3v) is 4.53. The number of hydrogen-bond donors (Lipinski definition) is 2. The summed E-state index contributed by atoms with van der Waals surface area (Å²) in [6.45, 7) is 1.31. The Morgan fingerprint density at radius 2 is 1.90 bits per heavy atom. The van der Waals surface area contributed by atoms with Gasteiger partial charge in [-0.1, -0.05) is 19.3 Å². The number of methoxy groups -OCH3 is 1. The molecule has 6 nitrogen and oxygen atoms in total. The molecule has 2 N–H and O–H groups in total. The lowest BCUT2D eigenvalue weighted by molar-refractivity contribution is -0.148. The van der Waals surface area contributed by atoms with Crippen molar-refractivity contribution >= 4 is 11.9 Å². The average molecular weight is 298 g/mol. The standard InChI is InChI=1S/C15H26N2O4/c1-21-14(18)10-17-8-11(15(19)20)7-13(9-17)16-12-5-3-2-4-6-12/h11-13,16H,2-10H2,1H3,(H,19,20). The van der Waals surface area contributed by atoms with Gasteiger partial charge in [0.1, 0.15) is 0 Å². The molecule has 2 rings (SSSR count). The molecule has 1 aliphatic carbocycles. The Hall–Kier alpha value is -1.14. The van der Waals surface area contributed by atoms with Gasteiger partial charge in [0.15, 0.2) is 0 Å². The molecule has 2 aliphatic rings. The van der Waals surface area contributed by atoms with Crippen LogP contribution >= 0.6 is 0 Å². The lowest BCUT2D eigenvalue weighted by Gasteiger charge is -2.38. The van der Waals surface area contributed by atoms with Crippen LogP contribution in [-0.4, -0.2) is 60.8 Å². The maximum atomic E-state index is 11.4. The van der Waals surface area contributed by atoms with Crippen LogP contribution in [0.1, 0.15) is 38.5 Å². The summed E-state index contributed by atoms with van der Waals surface area (Å²) in [6.07, 6.45) is 6.78. The first-order valence-electron chi connectivity index (χ1n) is 7.86. The Balaban J connectivity index is 1.91. The summed E-state index contributed by atoms with van der Waals surface area (Å²) in [7, 11) is 1.36. The van der Waals surface area contributed by atoms with Gasteiger partial charge in [0, 0.05) is 25.2 Å². The summed E-state index contributed by atoms with van der Waals surface area (Å²) in [4.78, 5) is 24.6. The quantitative estimate of drug-likeness (QED) is 0.733. The summed E-state index contributed by atoms with van der Waals surface area (Å²) >= 11 is 0. The van der Waals surface area contributed by atoms with Crippen molar-refractivity contribution in [2.75, 3.05) is 26.7 Å². The van der Waals surface area contributed by atoms with E-state index in [4.69, 9.17) is 0 Å². The van der Waals surface area contributed by atoms with E-state index >= 15 is 0 Å². The van der Waals surface area contributed by atoms with Crippen LogP contribution in [0.2, 0.25) is 0 Å². The van der Waals surface area contributed by atoms with Gasteiger partial charge in [-0.15, -0.1) is 0 Å². The second-order valence-electron chi connectivity index (χ2n) is 6.24. The molecular formula is C15H26N2O4. The molecule has 0 spiro atoms. The van der Waals surface area contributed by atoms with Crippen molar-refractivity contribution in [2.24, 2.45) is 5.92 Å². The summed E-state index contributed by atoms with van der Waals surface area (Å²) in [5.74, 6) is -1.50. The first kappa shape index (κ1) is 16.2. The van der Waals surface area contributed by atoms with Gasteiger partial charge in [0.2, 0.25) is 0 Å². The lowest BCUT2D eigenvalue weighted by atomic mass is 9.90. The number of nitrogens with one attached hydrogen (secondary N) is 1. The fraction of sp³-hybridized carbons (Fsp3) is 0.867. The number of ether oxygens (including phenoxy) is 1. The number of carbonyl (C=O) groups excluding carboxylic acids is 1. The molecule has 1 saturated heterocycles. The van der Waals surface area contributed by atoms with Crippen LogP contribution < -0.4 is 5.32 Å². The number of aliphatic carboxylic acids is 1. The first-order valence-corrected chi connectivity index (χ1v) is 7.86. The Bertz CT molecular complexity index is 369. The Morgan fingerprint density at radius 1 is 1.19 bits per heavy atom. The molecule has 1 saturated carbocycles. The summed E-state index contributed by atoms with van der Waals surface area (Å²) in [5.41, 5.74) is 0. The van der Waals surface area contributed by atoms with Crippen molar-refractivity contribution < 1.29 is 19.4 Å². The van der Waals surface area contributed by atoms with Crippen molar-refractivity contribution in [2.45, 2.75) is 50.6 Å². The van der Waals surface area contributed by atoms with Crippen molar-refractivity contribution in [1.82, 2.24) is 10.2 Å². The molecule has 1 heterocycles. The molecule has 6 heteroatoms. The van der Waals surface area contributed by atoms with Crippen LogP contribution in [0.5, 0.6) is 0 Å². The minimum absolute atomic E-state index is 0.146. The topological polar surface area (TPSA) is 78.9 Å². The van der Waals surface area contributed by atoms with Crippen molar-refractivity contribution in [3.8, 4) is 0 Å². The summed E-state index contributed by atoms with van der Waals surface area (Å²) in [6, 6.07) is 0.642. The summed E-state index contributed by atoms with van der Waals surface area (Å²) < 4.78 is 4.69. The molecule has 0 radical (unpaired) electrons. The van der Waals surface area contributed by atoms with Crippen LogP contribution in [-0.2, 0) is 14.3 Å². The molecule has 2 atom stereocenters. The highest BCUT2D eigenvalue weighted by Gasteiger charge is 2.33. The van der Waals surface area contributed by atoms with Gasteiger partial charge >= 0.3 is 11.9 Å². The van der Waals surface area contributed by atoms with Crippen LogP contribution in [0.3, 0.4) is 0 Å². The molecule has 2 unspecified atom stereocenters. The molecule has 0 amide bonds. The maximum Gasteiger partial charge on any atom is 0.319 e. The van der Waals surface area contributed by atoms with Crippen LogP contribution in [0.15, 0.2) is 0 Å². The van der Waals surface area contributed by atoms with E-state index < -0.39 is 11.9 Å². The number of carboxylic acid groups (broad SMARTS) is 1. The third kappa shape index (κ3) is 4.97. The Kier molecular flexibility index (Phi) is 5.99. The van der Waals surface area contributed by atoms with Gasteiger partial charge in [-0.2, -0.15) is 0 Å². The number of nitrogens with zero attached hydrogens (tertiary/aromatic N) is 1. The van der Waals surface area contributed by atoms with Gasteiger partial charge < -0.3 is 15.2 Å². The van der Waals surface area contributed by atoms with Gasteiger partial charge in [-0.25, -0.2) is 0 Å². The molecular weight excluding hydrogens is 272 g/mol. The third-order valence-electron chi connectivity index (χ3n) is 4.53. The SMILES string of the molecule is COC(=O)CN1CC(NC2CCCCC2)CC(C(=O)O)C1. The van der Waals surface area contributed by atoms with Gasteiger partial charge in [-0.3, -0.25) is 14.5 Å². The highest BCUT2D eigenvalue weighted by atomic mass is 16.5. The van der Waals surface area contributed by atoms with Gasteiger partial charge in [-0.05, 0) is 19.3 Å². The van der Waals surface area contributed by atoms with Crippen LogP contribution in [0, 0.1) is 5.92 Å². The highest BCUT2D eigenvalue weighted by Crippen LogP contribution is 2.22. The number of esters is 1. The van der Waals surface area contributed by atoms with Crippen molar-refractivity contribution in [3.05, 3.63) is 0 Å². The zero-order chi connectivity index (χ0) is 15.2. The van der Waals surface area contributed by atoms with Gasteiger partial charge in [0.05, 0.1) is 19.6 Å². The van der Waals surface area contributed by atoms with E-state index in [1.165, 1.54) is 39.2 Å². The van der Waals surface area contributed by atoms with E-state index in [9.17, 15) is 14.7 Å². The Labute approximate surface area is 125 Å². The molecule has 1 aliphatic heterocycles. The molecule has 0 aromatic rings. The van der Waals surface area contributed by atoms with E-state index in [1.54, 1.807) is 0 Å². The van der Waals surface area contributed by atoms with Gasteiger partial charge in [0.25, 0.3) is 0 Å². The molecule has 0 bridgehead atoms. The van der Waals surface area contributed by atoms with E-state index in [0.29, 0.717) is 19.0 Å². The predicted octanol–water partition coefficient (Wildman–Crippen LogP) is 0.857. The molecule has 0 aromatic heterocycles. The van der Waals surface area contributed by atoms with Crippen molar-refractivity contribution in [1.29, 1.82) is 0 Å². The monoisotopic (exact) mass is 298 g/mol. The minimum Gasteiger partial charge on any atom is -0.481 e. The largest absolute Gasteiger partial charge is 0.481 e. The lowest BCUT2D eigenvalue weighted by Crippen LogP contribution is -2.54. The zero-order valence-electron chi connectivity index (χ0n) is 12.7. The number of rotatable bonds is 5. The smallest absolute Gasteiger partial charge is 0.319 e. The van der Waals surface area contributed by atoms with Crippen molar-refractivity contribution in [3.63, 3.8) is 0 Å². The number of piperidine rings is 1. The van der Waals surface area contributed by atoms with E-state index in [0.717, 1.165) is 6.54 Å². The number of carbonyl (C=O) groups is 2. The molecule has 0 aromatic carbocycles. The highest BCUT2D eigenvalue weighted by molar-refractivity contribution is 5.72. The summed E-state index contributed by atoms with van der Waals surface area (Å²) in [5, 5.41) is 12.9. The predicted molar refractivity (Wildman–Crippen MR) is 78.0 cm³/mol. The van der Waals surface area contributed by atoms with E-state index in [1.807, 2.05) is 4.90 Å². The zero-order valence-corrected chi connectivity index (χ0v) is 12.7. The number of carboxylic acids is 1. The molecule has 120 valence electrons. The first-order chi connectivity index (χ1) is 10.1. The second kappa shape index (κ2) is 7.75. The number of hydrogen-bond acceptors (Lipinski definition) is 5. The minimum atomic E-state index is -0.778. The fourth-order valence-corrected chi connectivity index (χ4v) is 3.47. The molecule has 21 heavy (non-hydrogen) atoms. The second-order valence-corrected chi connectivity index (χ2v) is 6.24. The van der Waals surface area contributed by atoms with E-state index in [2.05, 4.69) is 10.1 Å². The Morgan fingerprint density at radius 3 is 2.52 bits per heavy atom. The molecule has 2 fully saturated rings. The normalized spacial score (nSPS) is 28.2.